The van der Waals surface area contributed by atoms with Gasteiger partial charge in [-0.15, -0.1) is 0 Å². The van der Waals surface area contributed by atoms with Gasteiger partial charge in [0.15, 0.2) is 0 Å². The van der Waals surface area contributed by atoms with Gasteiger partial charge >= 0.3 is 18.3 Å². The van der Waals surface area contributed by atoms with Gasteiger partial charge in [-0.1, -0.05) is 42.8 Å². The Morgan fingerprint density at radius 1 is 0.679 bits per heavy atom. The van der Waals surface area contributed by atoms with E-state index < -0.39 is 59.2 Å². The van der Waals surface area contributed by atoms with Crippen molar-refractivity contribution in [1.82, 2.24) is 30.4 Å². The zero-order valence-corrected chi connectivity index (χ0v) is 33.9. The van der Waals surface area contributed by atoms with E-state index in [4.69, 9.17) is 14.2 Å². The number of alkyl carbamates (subject to hydrolysis) is 1. The van der Waals surface area contributed by atoms with Crippen LogP contribution in [-0.4, -0.2) is 80.8 Å². The quantitative estimate of drug-likeness (QED) is 0.109. The lowest BCUT2D eigenvalue weighted by molar-refractivity contribution is -0.127. The van der Waals surface area contributed by atoms with Crippen LogP contribution < -0.4 is 21.3 Å². The number of benzene rings is 2. The normalized spacial score (nSPS) is 16.1. The van der Waals surface area contributed by atoms with Gasteiger partial charge in [-0.3, -0.25) is 18.7 Å². The lowest BCUT2D eigenvalue weighted by Crippen LogP contribution is -2.59. The Kier molecular flexibility index (Phi) is 12.5. The number of nitrogens with zero attached hydrogens (tertiary/aromatic N) is 2. The van der Waals surface area contributed by atoms with Crippen LogP contribution in [0, 0.1) is 0 Å². The average Bonchev–Trinajstić information content (AvgIpc) is 3.65. The zero-order chi connectivity index (χ0) is 41.0. The SMILES string of the molecule is CC(C)(C)OC(=O)N[C@H](Cc1cn(C(=O)OC(C)(C)C)c2ccccc12)C(=O)N[C@H](Cc1cn(C(=O)OC(C)(C)C)c2ccccc12)NC(=O)C1CCCCN1. The first kappa shape index (κ1) is 41.8. The molecule has 14 nitrogen and oxygen atoms in total. The third-order valence-electron chi connectivity index (χ3n) is 8.88. The molecule has 2 aromatic heterocycles. The minimum absolute atomic E-state index is 0.0375. The molecule has 4 aromatic rings. The number of carbonyl (C=O) groups excluding carboxylic acids is 5. The molecule has 2 aromatic carbocycles. The number of nitrogens with one attached hydrogen (secondary N) is 4. The van der Waals surface area contributed by atoms with Gasteiger partial charge < -0.3 is 35.5 Å². The fraction of sp³-hybridized carbons (Fsp3) is 0.500. The molecule has 3 atom stereocenters. The minimum Gasteiger partial charge on any atom is -0.444 e. The molecular formula is C42H56N6O8. The van der Waals surface area contributed by atoms with Crippen LogP contribution in [0.4, 0.5) is 14.4 Å². The van der Waals surface area contributed by atoms with Crippen molar-refractivity contribution in [3.63, 3.8) is 0 Å². The second kappa shape index (κ2) is 16.8. The van der Waals surface area contributed by atoms with E-state index in [0.717, 1.165) is 18.2 Å². The lowest BCUT2D eigenvalue weighted by Gasteiger charge is -2.28. The standard InChI is InChI=1S/C42H56N6O8/c1-40(2,3)54-37(51)44-31(22-26-24-47(38(52)55-41(4,5)6)32-19-12-10-16-28(26)32)36(50)46-34(45-35(49)30-18-14-15-21-43-30)23-27-25-48(39(53)56-42(7,8)9)33-20-13-11-17-29(27)33/h10-13,16-17,19-20,24-25,30-31,34,43H,14-15,18,21-23H2,1-9H3,(H,44,51)(H,45,49)(H,46,50)/t30?,31-,34-/m1/s1. The summed E-state index contributed by atoms with van der Waals surface area (Å²) in [6.07, 6.45) is 2.84. The summed E-state index contributed by atoms with van der Waals surface area (Å²) in [5.41, 5.74) is 0.0855. The third-order valence-corrected chi connectivity index (χ3v) is 8.88. The van der Waals surface area contributed by atoms with Crippen molar-refractivity contribution in [2.45, 2.75) is 129 Å². The van der Waals surface area contributed by atoms with E-state index in [1.54, 1.807) is 92.9 Å². The number of fused-ring (bicyclic) bond motifs is 2. The number of para-hydroxylation sites is 2. The van der Waals surface area contributed by atoms with E-state index in [1.807, 2.05) is 30.3 Å². The van der Waals surface area contributed by atoms with Crippen LogP contribution in [0.1, 0.15) is 92.7 Å². The van der Waals surface area contributed by atoms with E-state index in [2.05, 4.69) is 21.3 Å². The van der Waals surface area contributed by atoms with Gasteiger partial charge in [-0.05, 0) is 105 Å². The smallest absolute Gasteiger partial charge is 0.419 e. The summed E-state index contributed by atoms with van der Waals surface area (Å²) < 4.78 is 19.7. The molecule has 3 heterocycles. The first-order chi connectivity index (χ1) is 26.2. The van der Waals surface area contributed by atoms with Crippen LogP contribution in [0.15, 0.2) is 60.9 Å². The Balaban J connectivity index is 1.50. The number of ether oxygens (including phenoxy) is 3. The summed E-state index contributed by atoms with van der Waals surface area (Å²) in [6, 6.07) is 12.9. The van der Waals surface area contributed by atoms with Crippen LogP contribution in [0.5, 0.6) is 0 Å². The second-order valence-electron chi connectivity index (χ2n) is 17.2. The van der Waals surface area contributed by atoms with Crippen molar-refractivity contribution in [3.8, 4) is 0 Å². The number of amides is 3. The molecule has 0 radical (unpaired) electrons. The largest absolute Gasteiger partial charge is 0.444 e. The molecule has 302 valence electrons. The van der Waals surface area contributed by atoms with Crippen LogP contribution in [0.2, 0.25) is 0 Å². The summed E-state index contributed by atoms with van der Waals surface area (Å²) in [7, 11) is 0. The molecule has 3 amide bonds. The molecule has 0 aliphatic carbocycles. The molecule has 1 fully saturated rings. The zero-order valence-electron chi connectivity index (χ0n) is 33.9. The minimum atomic E-state index is -1.21. The van der Waals surface area contributed by atoms with Gasteiger partial charge in [-0.2, -0.15) is 0 Å². The highest BCUT2D eigenvalue weighted by Crippen LogP contribution is 2.26. The number of hydrogen-bond acceptors (Lipinski definition) is 9. The topological polar surface area (TPSA) is 171 Å². The summed E-state index contributed by atoms with van der Waals surface area (Å²) in [5, 5.41) is 13.4. The fourth-order valence-electron chi connectivity index (χ4n) is 6.61. The number of carbonyl (C=O) groups is 5. The van der Waals surface area contributed by atoms with Gasteiger partial charge in [-0.25, -0.2) is 14.4 Å². The molecule has 5 rings (SSSR count). The molecule has 0 saturated carbocycles. The molecular weight excluding hydrogens is 716 g/mol. The molecule has 56 heavy (non-hydrogen) atoms. The maximum Gasteiger partial charge on any atom is 0.419 e. The third kappa shape index (κ3) is 11.1. The second-order valence-corrected chi connectivity index (χ2v) is 17.2. The van der Waals surface area contributed by atoms with E-state index in [-0.39, 0.29) is 18.7 Å². The Labute approximate surface area is 328 Å². The van der Waals surface area contributed by atoms with Crippen molar-refractivity contribution in [2.24, 2.45) is 0 Å². The molecule has 0 spiro atoms. The van der Waals surface area contributed by atoms with Crippen molar-refractivity contribution >= 4 is 51.9 Å². The highest BCUT2D eigenvalue weighted by atomic mass is 16.6. The van der Waals surface area contributed by atoms with Gasteiger partial charge in [0.1, 0.15) is 29.0 Å². The van der Waals surface area contributed by atoms with E-state index in [1.165, 1.54) is 9.13 Å². The van der Waals surface area contributed by atoms with E-state index in [0.29, 0.717) is 40.5 Å². The van der Waals surface area contributed by atoms with Gasteiger partial charge in [0, 0.05) is 36.0 Å². The van der Waals surface area contributed by atoms with Crippen LogP contribution >= 0.6 is 0 Å². The van der Waals surface area contributed by atoms with E-state index in [9.17, 15) is 24.0 Å². The lowest BCUT2D eigenvalue weighted by atomic mass is 10.0. The highest BCUT2D eigenvalue weighted by Gasteiger charge is 2.31. The first-order valence-electron chi connectivity index (χ1n) is 19.2. The van der Waals surface area contributed by atoms with Crippen LogP contribution in [0.3, 0.4) is 0 Å². The van der Waals surface area contributed by atoms with Crippen molar-refractivity contribution in [3.05, 3.63) is 72.1 Å². The highest BCUT2D eigenvalue weighted by molar-refractivity contribution is 5.94. The average molecular weight is 773 g/mol. The predicted octanol–water partition coefficient (Wildman–Crippen LogP) is 6.54. The van der Waals surface area contributed by atoms with Gasteiger partial charge in [0.05, 0.1) is 17.1 Å². The van der Waals surface area contributed by atoms with Crippen LogP contribution in [-0.2, 0) is 36.6 Å². The summed E-state index contributed by atoms with van der Waals surface area (Å²) in [4.78, 5) is 68.0. The number of piperidine rings is 1. The Morgan fingerprint density at radius 3 is 1.66 bits per heavy atom. The molecule has 1 saturated heterocycles. The fourth-order valence-corrected chi connectivity index (χ4v) is 6.61. The Morgan fingerprint density at radius 2 is 1.18 bits per heavy atom. The molecule has 1 aliphatic heterocycles. The molecule has 1 unspecified atom stereocenters. The maximum atomic E-state index is 14.5. The molecule has 4 N–H and O–H groups in total. The monoisotopic (exact) mass is 772 g/mol. The maximum absolute atomic E-state index is 14.5. The summed E-state index contributed by atoms with van der Waals surface area (Å²) in [6.45, 7) is 16.5. The summed E-state index contributed by atoms with van der Waals surface area (Å²) in [5.74, 6) is -0.897. The van der Waals surface area contributed by atoms with E-state index >= 15 is 0 Å². The van der Waals surface area contributed by atoms with Crippen LogP contribution in [0.25, 0.3) is 21.8 Å². The van der Waals surface area contributed by atoms with Crippen molar-refractivity contribution in [2.75, 3.05) is 6.54 Å². The molecule has 14 heteroatoms. The Hall–Kier alpha value is -5.37. The van der Waals surface area contributed by atoms with Crippen molar-refractivity contribution in [1.29, 1.82) is 0 Å². The number of hydrogen-bond donors (Lipinski definition) is 4. The van der Waals surface area contributed by atoms with Crippen molar-refractivity contribution < 1.29 is 38.2 Å². The first-order valence-corrected chi connectivity index (χ1v) is 19.2. The van der Waals surface area contributed by atoms with Gasteiger partial charge in [0.25, 0.3) is 0 Å². The van der Waals surface area contributed by atoms with Gasteiger partial charge in [0.2, 0.25) is 11.8 Å². The number of aromatic nitrogens is 2. The predicted molar refractivity (Wildman–Crippen MR) is 213 cm³/mol. The summed E-state index contributed by atoms with van der Waals surface area (Å²) >= 11 is 0. The molecule has 0 bridgehead atoms. The number of rotatable bonds is 9. The Bertz CT molecular complexity index is 2070. The molecule has 1 aliphatic rings.